The first-order valence-corrected chi connectivity index (χ1v) is 24.3. The van der Waals surface area contributed by atoms with Crippen molar-refractivity contribution in [3.05, 3.63) is 263 Å². The van der Waals surface area contributed by atoms with Crippen LogP contribution in [-0.4, -0.2) is 0 Å². The highest BCUT2D eigenvalue weighted by Gasteiger charge is 2.53. The maximum absolute atomic E-state index is 6.55. The summed E-state index contributed by atoms with van der Waals surface area (Å²) in [6, 6.07) is 80.3. The van der Waals surface area contributed by atoms with E-state index in [0.29, 0.717) is 0 Å². The molecule has 0 saturated carbocycles. The number of hydrogen-bond donors (Lipinski definition) is 0. The van der Waals surface area contributed by atoms with Gasteiger partial charge in [-0.2, -0.15) is 0 Å². The Morgan fingerprint density at radius 2 is 0.714 bits per heavy atom. The van der Waals surface area contributed by atoms with Crippen molar-refractivity contribution in [1.29, 1.82) is 0 Å². The van der Waals surface area contributed by atoms with Gasteiger partial charge in [-0.15, -0.1) is 0 Å². The minimum Gasteiger partial charge on any atom is -0.456 e. The molecular weight excluding hydrogens is 853 g/mol. The molecule has 0 aliphatic heterocycles. The molecule has 14 rings (SSSR count). The average molecular weight is 901 g/mol. The van der Waals surface area contributed by atoms with Crippen LogP contribution in [0.15, 0.2) is 227 Å². The standard InChI is InChI=1S/C66H48N2O2/c1-41-17-13-19-43(37-41)67(57-27-15-31-61-63(57)49-21-5-11-29-59(49)69-61)45-33-35-47-48-36-34-46(68(44-20-14-18-42(2)38-44)58-28-16-32-62-64(58)50-22-6-12-30-60(50)70-62)40-56(48)66(55(47)39-45)53-25-9-7-23-51(53)65(3,4)52-24-8-10-26-54(52)66/h5-40H,1-4H3. The van der Waals surface area contributed by atoms with E-state index in [1.165, 1.54) is 55.6 Å². The lowest BCUT2D eigenvalue weighted by molar-refractivity contribution is 0.563. The third-order valence-electron chi connectivity index (χ3n) is 15.4. The Morgan fingerprint density at radius 1 is 0.329 bits per heavy atom. The molecule has 10 aromatic carbocycles. The van der Waals surface area contributed by atoms with Gasteiger partial charge in [-0.3, -0.25) is 0 Å². The number of para-hydroxylation sites is 2. The van der Waals surface area contributed by atoms with Crippen molar-refractivity contribution in [3.63, 3.8) is 0 Å². The Bertz CT molecular complexity index is 3850. The van der Waals surface area contributed by atoms with Gasteiger partial charge in [-0.1, -0.05) is 147 Å². The molecule has 2 aromatic heterocycles. The summed E-state index contributed by atoms with van der Waals surface area (Å²) in [7, 11) is 0. The number of hydrogen-bond acceptors (Lipinski definition) is 4. The van der Waals surface area contributed by atoms with E-state index < -0.39 is 5.41 Å². The van der Waals surface area contributed by atoms with Crippen LogP contribution in [0.25, 0.3) is 55.0 Å². The highest BCUT2D eigenvalue weighted by molar-refractivity contribution is 6.15. The zero-order chi connectivity index (χ0) is 46.9. The van der Waals surface area contributed by atoms with Gasteiger partial charge in [0.05, 0.1) is 27.6 Å². The second kappa shape index (κ2) is 14.9. The second-order valence-corrected chi connectivity index (χ2v) is 19.8. The monoisotopic (exact) mass is 900 g/mol. The molecule has 0 N–H and O–H groups in total. The maximum Gasteiger partial charge on any atom is 0.137 e. The second-order valence-electron chi connectivity index (χ2n) is 19.8. The van der Waals surface area contributed by atoms with Crippen LogP contribution in [0, 0.1) is 13.8 Å². The van der Waals surface area contributed by atoms with Crippen LogP contribution in [0.3, 0.4) is 0 Å². The van der Waals surface area contributed by atoms with Gasteiger partial charge in [0.25, 0.3) is 0 Å². The first-order chi connectivity index (χ1) is 34.3. The molecular formula is C66H48N2O2. The van der Waals surface area contributed by atoms with Crippen molar-refractivity contribution in [2.45, 2.75) is 38.5 Å². The summed E-state index contributed by atoms with van der Waals surface area (Å²) >= 11 is 0. The van der Waals surface area contributed by atoms with Crippen molar-refractivity contribution in [1.82, 2.24) is 0 Å². The first kappa shape index (κ1) is 40.5. The molecule has 70 heavy (non-hydrogen) atoms. The Balaban J connectivity index is 1.08. The predicted molar refractivity (Wildman–Crippen MR) is 289 cm³/mol. The van der Waals surface area contributed by atoms with Crippen molar-refractivity contribution >= 4 is 78.0 Å². The lowest BCUT2D eigenvalue weighted by Crippen LogP contribution is -2.40. The lowest BCUT2D eigenvalue weighted by Gasteiger charge is -2.47. The molecule has 0 radical (unpaired) electrons. The van der Waals surface area contributed by atoms with Gasteiger partial charge in [0.1, 0.15) is 22.3 Å². The van der Waals surface area contributed by atoms with E-state index in [9.17, 15) is 0 Å². The molecule has 4 nitrogen and oxygen atoms in total. The fourth-order valence-electron chi connectivity index (χ4n) is 12.4. The minimum absolute atomic E-state index is 0.256. The van der Waals surface area contributed by atoms with E-state index >= 15 is 0 Å². The molecule has 2 aliphatic rings. The molecule has 0 amide bonds. The lowest BCUT2D eigenvalue weighted by atomic mass is 9.55. The van der Waals surface area contributed by atoms with Gasteiger partial charge in [-0.05, 0) is 154 Å². The van der Waals surface area contributed by atoms with Gasteiger partial charge in [0.15, 0.2) is 0 Å². The van der Waals surface area contributed by atoms with Gasteiger partial charge in [0, 0.05) is 38.9 Å². The van der Waals surface area contributed by atoms with Crippen molar-refractivity contribution in [2.75, 3.05) is 9.80 Å². The zero-order valence-corrected chi connectivity index (χ0v) is 39.5. The molecule has 12 aromatic rings. The summed E-state index contributed by atoms with van der Waals surface area (Å²) in [4.78, 5) is 4.89. The smallest absolute Gasteiger partial charge is 0.137 e. The SMILES string of the molecule is Cc1cccc(N(c2ccc3c(c2)C2(c4cc(N(c5cccc(C)c5)c5cccc6oc7ccccc7c56)ccc4-3)c3ccccc3C(C)(C)c3ccccc32)c2cccc3oc4ccccc4c23)c1. The van der Waals surface area contributed by atoms with Crippen LogP contribution in [-0.2, 0) is 10.8 Å². The molecule has 2 heterocycles. The number of benzene rings is 10. The van der Waals surface area contributed by atoms with Gasteiger partial charge >= 0.3 is 0 Å². The van der Waals surface area contributed by atoms with Gasteiger partial charge in [0.2, 0.25) is 0 Å². The van der Waals surface area contributed by atoms with Crippen LogP contribution in [0.2, 0.25) is 0 Å². The first-order valence-electron chi connectivity index (χ1n) is 24.3. The quantitative estimate of drug-likeness (QED) is 0.166. The number of furan rings is 2. The third kappa shape index (κ3) is 5.65. The summed E-state index contributed by atoms with van der Waals surface area (Å²) < 4.78 is 13.1. The van der Waals surface area contributed by atoms with Crippen LogP contribution >= 0.6 is 0 Å². The largest absolute Gasteiger partial charge is 0.456 e. The molecule has 0 fully saturated rings. The highest BCUT2D eigenvalue weighted by Crippen LogP contribution is 2.64. The summed E-state index contributed by atoms with van der Waals surface area (Å²) in [6.45, 7) is 9.14. The molecule has 0 bridgehead atoms. The summed E-state index contributed by atoms with van der Waals surface area (Å²) in [5.74, 6) is 0. The Kier molecular flexibility index (Phi) is 8.64. The van der Waals surface area contributed by atoms with Gasteiger partial charge in [-0.25, -0.2) is 0 Å². The maximum atomic E-state index is 6.55. The normalized spacial score (nSPS) is 13.9. The van der Waals surface area contributed by atoms with E-state index in [2.05, 4.69) is 244 Å². The van der Waals surface area contributed by atoms with Crippen LogP contribution in [0.4, 0.5) is 34.1 Å². The van der Waals surface area contributed by atoms with Crippen molar-refractivity contribution in [2.24, 2.45) is 0 Å². The molecule has 0 atom stereocenters. The predicted octanol–water partition coefficient (Wildman–Crippen LogP) is 18.0. The topological polar surface area (TPSA) is 32.8 Å². The van der Waals surface area contributed by atoms with E-state index in [1.54, 1.807) is 0 Å². The number of rotatable bonds is 6. The summed E-state index contributed by atoms with van der Waals surface area (Å²) in [5.41, 5.74) is 21.7. The Morgan fingerprint density at radius 3 is 1.17 bits per heavy atom. The molecule has 2 aliphatic carbocycles. The number of nitrogens with zero attached hydrogens (tertiary/aromatic N) is 2. The molecule has 0 saturated heterocycles. The molecule has 0 unspecified atom stereocenters. The third-order valence-corrected chi connectivity index (χ3v) is 15.4. The number of aryl methyl sites for hydroxylation is 2. The Hall–Kier alpha value is -8.60. The van der Waals surface area contributed by atoms with Crippen LogP contribution in [0.5, 0.6) is 0 Å². The highest BCUT2D eigenvalue weighted by atomic mass is 16.3. The molecule has 4 heteroatoms. The van der Waals surface area contributed by atoms with E-state index in [-0.39, 0.29) is 5.41 Å². The van der Waals surface area contributed by atoms with E-state index in [4.69, 9.17) is 8.83 Å². The minimum atomic E-state index is -0.682. The van der Waals surface area contributed by atoms with E-state index in [1.807, 2.05) is 12.1 Å². The van der Waals surface area contributed by atoms with Crippen LogP contribution < -0.4 is 9.80 Å². The number of fused-ring (bicyclic) bond motifs is 15. The average Bonchev–Trinajstić information content (AvgIpc) is 4.05. The fourth-order valence-corrected chi connectivity index (χ4v) is 12.4. The van der Waals surface area contributed by atoms with Crippen molar-refractivity contribution in [3.8, 4) is 11.1 Å². The van der Waals surface area contributed by atoms with Crippen LogP contribution in [0.1, 0.15) is 58.4 Å². The zero-order valence-electron chi connectivity index (χ0n) is 39.5. The molecule has 1 spiro atoms. The fraction of sp³-hybridized carbons (Fsp3) is 0.0909. The number of anilines is 6. The van der Waals surface area contributed by atoms with E-state index in [0.717, 1.165) is 78.0 Å². The van der Waals surface area contributed by atoms with Gasteiger partial charge < -0.3 is 18.6 Å². The molecule has 334 valence electrons. The Labute approximate surface area is 407 Å². The summed E-state index contributed by atoms with van der Waals surface area (Å²) in [6.07, 6.45) is 0. The summed E-state index contributed by atoms with van der Waals surface area (Å²) in [5, 5.41) is 4.37. The van der Waals surface area contributed by atoms with Crippen molar-refractivity contribution < 1.29 is 8.83 Å².